The highest BCUT2D eigenvalue weighted by molar-refractivity contribution is 9.10. The van der Waals surface area contributed by atoms with Crippen LogP contribution < -0.4 is 5.73 Å². The van der Waals surface area contributed by atoms with Gasteiger partial charge in [-0.15, -0.1) is 0 Å². The molecule has 0 aliphatic rings. The first-order valence-electron chi connectivity index (χ1n) is 3.71. The zero-order chi connectivity index (χ0) is 9.42. The van der Waals surface area contributed by atoms with Crippen LogP contribution in [0.4, 0.5) is 5.82 Å². The lowest BCUT2D eigenvalue weighted by atomic mass is 10.2. The Balaban J connectivity index is 2.46. The van der Waals surface area contributed by atoms with Gasteiger partial charge in [0.15, 0.2) is 4.67 Å². The van der Waals surface area contributed by atoms with E-state index in [1.807, 2.05) is 6.07 Å². The summed E-state index contributed by atoms with van der Waals surface area (Å²) in [5, 5.41) is 4.20. The number of nitrogens with two attached hydrogens (primary N) is 1. The molecule has 5 heteroatoms. The van der Waals surface area contributed by atoms with Crippen LogP contribution in [0.5, 0.6) is 0 Å². The van der Waals surface area contributed by atoms with E-state index < -0.39 is 0 Å². The van der Waals surface area contributed by atoms with Crippen LogP contribution >= 0.6 is 15.9 Å². The van der Waals surface area contributed by atoms with Crippen molar-refractivity contribution in [2.75, 3.05) is 5.73 Å². The Morgan fingerprint density at radius 1 is 1.54 bits per heavy atom. The van der Waals surface area contributed by atoms with E-state index in [0.29, 0.717) is 10.5 Å². The van der Waals surface area contributed by atoms with Crippen molar-refractivity contribution in [2.24, 2.45) is 7.05 Å². The van der Waals surface area contributed by atoms with Crippen LogP contribution in [-0.4, -0.2) is 9.78 Å². The van der Waals surface area contributed by atoms with E-state index in [4.69, 9.17) is 10.2 Å². The van der Waals surface area contributed by atoms with Crippen molar-refractivity contribution in [2.45, 2.75) is 0 Å². The van der Waals surface area contributed by atoms with Gasteiger partial charge in [-0.25, -0.2) is 0 Å². The van der Waals surface area contributed by atoms with Gasteiger partial charge in [-0.1, -0.05) is 0 Å². The van der Waals surface area contributed by atoms with Crippen LogP contribution in [0.25, 0.3) is 11.3 Å². The van der Waals surface area contributed by atoms with Crippen molar-refractivity contribution < 1.29 is 4.42 Å². The summed E-state index contributed by atoms with van der Waals surface area (Å²) in [4.78, 5) is 0. The molecule has 2 aromatic rings. The van der Waals surface area contributed by atoms with Gasteiger partial charge >= 0.3 is 0 Å². The van der Waals surface area contributed by atoms with Gasteiger partial charge < -0.3 is 10.2 Å². The summed E-state index contributed by atoms with van der Waals surface area (Å²) in [5.74, 6) is 0.632. The Morgan fingerprint density at radius 2 is 2.31 bits per heavy atom. The van der Waals surface area contributed by atoms with E-state index in [-0.39, 0.29) is 0 Å². The second kappa shape index (κ2) is 2.92. The maximum absolute atomic E-state index is 5.64. The standard InChI is InChI=1S/C8H8BrN3O/c1-12-8(10)3-6(11-12)5-2-7(9)13-4-5/h2-4H,10H2,1H3. The first kappa shape index (κ1) is 8.37. The topological polar surface area (TPSA) is 57.0 Å². The molecule has 2 N–H and O–H groups in total. The van der Waals surface area contributed by atoms with Gasteiger partial charge in [0.25, 0.3) is 0 Å². The van der Waals surface area contributed by atoms with E-state index in [1.165, 1.54) is 0 Å². The highest BCUT2D eigenvalue weighted by Crippen LogP contribution is 2.24. The molecular formula is C8H8BrN3O. The summed E-state index contributed by atoms with van der Waals surface area (Å²) in [6.45, 7) is 0. The molecular weight excluding hydrogens is 234 g/mol. The average Bonchev–Trinajstić information content (AvgIpc) is 2.61. The van der Waals surface area contributed by atoms with Crippen LogP contribution in [0.1, 0.15) is 0 Å². The number of anilines is 1. The van der Waals surface area contributed by atoms with Crippen molar-refractivity contribution in [3.63, 3.8) is 0 Å². The van der Waals surface area contributed by atoms with Gasteiger partial charge in [0.1, 0.15) is 12.1 Å². The molecule has 13 heavy (non-hydrogen) atoms. The molecule has 0 bridgehead atoms. The van der Waals surface area contributed by atoms with E-state index in [2.05, 4.69) is 21.0 Å². The molecule has 0 aromatic carbocycles. The van der Waals surface area contributed by atoms with Crippen LogP contribution in [0.15, 0.2) is 27.5 Å². The summed E-state index contributed by atoms with van der Waals surface area (Å²) in [5.41, 5.74) is 7.37. The van der Waals surface area contributed by atoms with Crippen LogP contribution in [0.3, 0.4) is 0 Å². The van der Waals surface area contributed by atoms with E-state index in [1.54, 1.807) is 24.1 Å². The molecule has 0 aliphatic heterocycles. The monoisotopic (exact) mass is 241 g/mol. The van der Waals surface area contributed by atoms with Gasteiger partial charge in [-0.05, 0) is 15.9 Å². The summed E-state index contributed by atoms with van der Waals surface area (Å²) < 4.78 is 7.40. The number of hydrogen-bond donors (Lipinski definition) is 1. The minimum Gasteiger partial charge on any atom is -0.457 e. The van der Waals surface area contributed by atoms with Crippen molar-refractivity contribution in [1.29, 1.82) is 0 Å². The molecule has 0 saturated carbocycles. The second-order valence-electron chi connectivity index (χ2n) is 2.72. The number of furan rings is 1. The number of hydrogen-bond acceptors (Lipinski definition) is 3. The third-order valence-electron chi connectivity index (χ3n) is 1.78. The molecule has 2 rings (SSSR count). The highest BCUT2D eigenvalue weighted by atomic mass is 79.9. The fraction of sp³-hybridized carbons (Fsp3) is 0.125. The Hall–Kier alpha value is -1.23. The summed E-state index contributed by atoms with van der Waals surface area (Å²) in [6, 6.07) is 3.65. The predicted molar refractivity (Wildman–Crippen MR) is 53.0 cm³/mol. The Bertz CT molecular complexity index is 413. The number of aromatic nitrogens is 2. The Kier molecular flexibility index (Phi) is 1.88. The molecule has 2 aromatic heterocycles. The number of rotatable bonds is 1. The largest absolute Gasteiger partial charge is 0.457 e. The maximum Gasteiger partial charge on any atom is 0.169 e. The van der Waals surface area contributed by atoms with Gasteiger partial charge in [-0.2, -0.15) is 5.10 Å². The molecule has 68 valence electrons. The zero-order valence-electron chi connectivity index (χ0n) is 6.99. The fourth-order valence-electron chi connectivity index (χ4n) is 1.07. The van der Waals surface area contributed by atoms with Crippen molar-refractivity contribution in [1.82, 2.24) is 9.78 Å². The Labute approximate surface area is 83.5 Å². The lowest BCUT2D eigenvalue weighted by Crippen LogP contribution is -1.96. The van der Waals surface area contributed by atoms with E-state index in [0.717, 1.165) is 11.3 Å². The van der Waals surface area contributed by atoms with Crippen molar-refractivity contribution in [3.05, 3.63) is 23.1 Å². The quantitative estimate of drug-likeness (QED) is 0.832. The number of aryl methyl sites for hydroxylation is 1. The first-order chi connectivity index (χ1) is 6.16. The fourth-order valence-corrected chi connectivity index (χ4v) is 1.41. The molecule has 0 aliphatic carbocycles. The molecule has 0 fully saturated rings. The molecule has 4 nitrogen and oxygen atoms in total. The first-order valence-corrected chi connectivity index (χ1v) is 4.50. The Morgan fingerprint density at radius 3 is 2.77 bits per heavy atom. The summed E-state index contributed by atoms with van der Waals surface area (Å²) >= 11 is 3.22. The number of halogens is 1. The molecule has 0 unspecified atom stereocenters. The van der Waals surface area contributed by atoms with Crippen LogP contribution in [0, 0.1) is 0 Å². The minimum absolute atomic E-state index is 0.632. The minimum atomic E-state index is 0.632. The zero-order valence-corrected chi connectivity index (χ0v) is 8.58. The predicted octanol–water partition coefficient (Wildman–Crippen LogP) is 2.02. The van der Waals surface area contributed by atoms with Crippen LogP contribution in [-0.2, 0) is 7.05 Å². The average molecular weight is 242 g/mol. The maximum atomic E-state index is 5.64. The molecule has 0 atom stereocenters. The van der Waals surface area contributed by atoms with Gasteiger partial charge in [0.2, 0.25) is 0 Å². The third-order valence-corrected chi connectivity index (χ3v) is 2.20. The van der Waals surface area contributed by atoms with E-state index in [9.17, 15) is 0 Å². The SMILES string of the molecule is Cn1nc(-c2coc(Br)c2)cc1N. The normalized spacial score (nSPS) is 10.6. The second-order valence-corrected chi connectivity index (χ2v) is 3.50. The molecule has 2 heterocycles. The van der Waals surface area contributed by atoms with Crippen molar-refractivity contribution >= 4 is 21.7 Å². The summed E-state index contributed by atoms with van der Waals surface area (Å²) in [6.07, 6.45) is 1.63. The van der Waals surface area contributed by atoms with Gasteiger partial charge in [0, 0.05) is 24.7 Å². The smallest absolute Gasteiger partial charge is 0.169 e. The lowest BCUT2D eigenvalue weighted by molar-refractivity contribution is 0.542. The van der Waals surface area contributed by atoms with Gasteiger partial charge in [0.05, 0.1) is 5.69 Å². The molecule has 0 spiro atoms. The van der Waals surface area contributed by atoms with Crippen LogP contribution in [0.2, 0.25) is 0 Å². The number of nitrogen functional groups attached to an aromatic ring is 1. The number of nitrogens with zero attached hydrogens (tertiary/aromatic N) is 2. The third kappa shape index (κ3) is 1.47. The van der Waals surface area contributed by atoms with Gasteiger partial charge in [-0.3, -0.25) is 4.68 Å². The molecule has 0 amide bonds. The van der Waals surface area contributed by atoms with E-state index >= 15 is 0 Å². The molecule has 0 saturated heterocycles. The lowest BCUT2D eigenvalue weighted by Gasteiger charge is -1.88. The highest BCUT2D eigenvalue weighted by Gasteiger charge is 2.07. The van der Waals surface area contributed by atoms with Crippen molar-refractivity contribution in [3.8, 4) is 11.3 Å². The molecule has 0 radical (unpaired) electrons. The summed E-state index contributed by atoms with van der Waals surface area (Å²) in [7, 11) is 1.80.